The smallest absolute Gasteiger partial charge is 0.211 e. The fourth-order valence-electron chi connectivity index (χ4n) is 1.48. The molecule has 0 aromatic rings. The number of nitrogens with zero attached hydrogens (tertiary/aromatic N) is 2. The molecule has 0 aliphatic heterocycles. The Kier molecular flexibility index (Phi) is 3.32. The van der Waals surface area contributed by atoms with Gasteiger partial charge in [-0.05, 0) is 31.8 Å². The molecule has 4 heteroatoms. The average Bonchev–Trinajstić information content (AvgIpc) is 2.10. The van der Waals surface area contributed by atoms with Crippen LogP contribution in [0.1, 0.15) is 26.2 Å². The Hall–Kier alpha value is -1.50. The highest BCUT2D eigenvalue weighted by atomic mass is 16.1. The van der Waals surface area contributed by atoms with E-state index in [-0.39, 0.29) is 6.04 Å². The van der Waals surface area contributed by atoms with Crippen molar-refractivity contribution in [3.63, 3.8) is 0 Å². The molecule has 0 spiro atoms. The van der Waals surface area contributed by atoms with Crippen LogP contribution in [-0.2, 0) is 9.59 Å². The maximum atomic E-state index is 10.0. The molecule has 0 amide bonds. The largest absolute Gasteiger partial charge is 0.240 e. The van der Waals surface area contributed by atoms with Crippen LogP contribution in [0.5, 0.6) is 0 Å². The Labute approximate surface area is 76.1 Å². The number of hydrogen-bond donors (Lipinski definition) is 0. The Morgan fingerprint density at radius 1 is 1.38 bits per heavy atom. The number of isocyanates is 2. The highest BCUT2D eigenvalue weighted by Crippen LogP contribution is 2.26. The van der Waals surface area contributed by atoms with Gasteiger partial charge in [0.25, 0.3) is 0 Å². The summed E-state index contributed by atoms with van der Waals surface area (Å²) in [4.78, 5) is 27.2. The van der Waals surface area contributed by atoms with Crippen molar-refractivity contribution >= 4 is 12.2 Å². The number of allylic oxidation sites excluding steroid dienone is 1. The minimum Gasteiger partial charge on any atom is -0.211 e. The van der Waals surface area contributed by atoms with Crippen molar-refractivity contribution in [2.45, 2.75) is 32.2 Å². The molecule has 1 atom stereocenters. The third kappa shape index (κ3) is 2.48. The summed E-state index contributed by atoms with van der Waals surface area (Å²) >= 11 is 0. The van der Waals surface area contributed by atoms with Crippen LogP contribution in [0.15, 0.2) is 21.3 Å². The Balaban J connectivity index is 2.77. The second kappa shape index (κ2) is 4.51. The molecule has 0 N–H and O–H groups in total. The fourth-order valence-corrected chi connectivity index (χ4v) is 1.48. The van der Waals surface area contributed by atoms with E-state index in [0.29, 0.717) is 12.8 Å². The van der Waals surface area contributed by atoms with Gasteiger partial charge in [0.2, 0.25) is 12.2 Å². The van der Waals surface area contributed by atoms with Gasteiger partial charge in [-0.3, -0.25) is 0 Å². The van der Waals surface area contributed by atoms with Crippen molar-refractivity contribution in [3.05, 3.63) is 11.3 Å². The number of hydrogen-bond acceptors (Lipinski definition) is 4. The molecule has 0 heterocycles. The summed E-state index contributed by atoms with van der Waals surface area (Å²) < 4.78 is 0. The third-order valence-corrected chi connectivity index (χ3v) is 2.16. The van der Waals surface area contributed by atoms with Crippen molar-refractivity contribution in [1.29, 1.82) is 0 Å². The Bertz CT molecular complexity index is 321. The van der Waals surface area contributed by atoms with Crippen LogP contribution in [0.4, 0.5) is 0 Å². The zero-order valence-corrected chi connectivity index (χ0v) is 7.41. The Morgan fingerprint density at radius 3 is 2.69 bits per heavy atom. The molecule has 0 fully saturated rings. The van der Waals surface area contributed by atoms with Crippen LogP contribution in [0.2, 0.25) is 0 Å². The lowest BCUT2D eigenvalue weighted by molar-refractivity contribution is 0.533. The number of aliphatic imine (C=N–C) groups is 2. The van der Waals surface area contributed by atoms with Crippen molar-refractivity contribution in [1.82, 2.24) is 0 Å². The van der Waals surface area contributed by atoms with Gasteiger partial charge in [0.1, 0.15) is 0 Å². The minimum atomic E-state index is 0.0168. The van der Waals surface area contributed by atoms with E-state index in [0.717, 1.165) is 17.7 Å². The van der Waals surface area contributed by atoms with E-state index in [1.54, 1.807) is 6.08 Å². The number of rotatable bonds is 2. The quantitative estimate of drug-likeness (QED) is 0.475. The molecule has 0 aromatic heterocycles. The van der Waals surface area contributed by atoms with E-state index in [4.69, 9.17) is 0 Å². The first-order chi connectivity index (χ1) is 6.27. The molecule has 0 saturated carbocycles. The minimum absolute atomic E-state index is 0.0168. The van der Waals surface area contributed by atoms with Crippen LogP contribution in [0.25, 0.3) is 0 Å². The van der Waals surface area contributed by atoms with Crippen LogP contribution in [0.3, 0.4) is 0 Å². The summed E-state index contributed by atoms with van der Waals surface area (Å²) in [5.74, 6) is 0. The molecular formula is C9H10N2O2. The molecule has 1 unspecified atom stereocenters. The van der Waals surface area contributed by atoms with E-state index < -0.39 is 0 Å². The lowest BCUT2D eigenvalue weighted by Gasteiger charge is -2.18. The van der Waals surface area contributed by atoms with Gasteiger partial charge < -0.3 is 0 Å². The van der Waals surface area contributed by atoms with Gasteiger partial charge in [-0.25, -0.2) is 14.6 Å². The molecule has 4 nitrogen and oxygen atoms in total. The summed E-state index contributed by atoms with van der Waals surface area (Å²) in [5, 5.41) is 0. The molecule has 0 saturated heterocycles. The van der Waals surface area contributed by atoms with Gasteiger partial charge in [-0.1, -0.05) is 0 Å². The first kappa shape index (κ1) is 9.59. The normalized spacial score (nSPS) is 21.8. The monoisotopic (exact) mass is 178 g/mol. The maximum Gasteiger partial charge on any atom is 0.240 e. The lowest BCUT2D eigenvalue weighted by Crippen LogP contribution is -2.11. The topological polar surface area (TPSA) is 58.9 Å². The van der Waals surface area contributed by atoms with Crippen molar-refractivity contribution < 1.29 is 9.59 Å². The van der Waals surface area contributed by atoms with E-state index in [9.17, 15) is 9.59 Å². The van der Waals surface area contributed by atoms with Crippen molar-refractivity contribution in [2.24, 2.45) is 9.98 Å². The van der Waals surface area contributed by atoms with Gasteiger partial charge >= 0.3 is 0 Å². The fraction of sp³-hybridized carbons (Fsp3) is 0.556. The summed E-state index contributed by atoms with van der Waals surface area (Å²) in [6, 6.07) is 0.0168. The Morgan fingerprint density at radius 2 is 2.15 bits per heavy atom. The molecule has 0 bridgehead atoms. The molecule has 1 aliphatic rings. The van der Waals surface area contributed by atoms with Gasteiger partial charge in [0.05, 0.1) is 11.7 Å². The molecule has 1 rings (SSSR count). The van der Waals surface area contributed by atoms with Gasteiger partial charge in [0, 0.05) is 0 Å². The molecule has 0 radical (unpaired) electrons. The van der Waals surface area contributed by atoms with E-state index in [1.807, 2.05) is 6.92 Å². The zero-order chi connectivity index (χ0) is 9.68. The molecule has 1 aliphatic carbocycles. The molecule has 0 aromatic carbocycles. The summed E-state index contributed by atoms with van der Waals surface area (Å²) in [6.07, 6.45) is 5.21. The van der Waals surface area contributed by atoms with Gasteiger partial charge in [-0.2, -0.15) is 4.99 Å². The highest BCUT2D eigenvalue weighted by molar-refractivity contribution is 5.39. The number of carbonyl (C=O) groups excluding carboxylic acids is 2. The zero-order valence-electron chi connectivity index (χ0n) is 7.41. The van der Waals surface area contributed by atoms with Crippen LogP contribution in [0, 0.1) is 0 Å². The second-order valence-corrected chi connectivity index (χ2v) is 3.05. The molecular weight excluding hydrogens is 168 g/mol. The van der Waals surface area contributed by atoms with Crippen LogP contribution in [-0.4, -0.2) is 18.2 Å². The first-order valence-corrected chi connectivity index (χ1v) is 4.11. The van der Waals surface area contributed by atoms with E-state index in [1.165, 1.54) is 6.08 Å². The maximum absolute atomic E-state index is 10.0. The van der Waals surface area contributed by atoms with Crippen molar-refractivity contribution in [2.75, 3.05) is 0 Å². The van der Waals surface area contributed by atoms with E-state index in [2.05, 4.69) is 9.98 Å². The third-order valence-electron chi connectivity index (χ3n) is 2.16. The second-order valence-electron chi connectivity index (χ2n) is 3.05. The van der Waals surface area contributed by atoms with Crippen molar-refractivity contribution in [3.8, 4) is 0 Å². The lowest BCUT2D eigenvalue weighted by atomic mass is 9.94. The van der Waals surface area contributed by atoms with Crippen LogP contribution < -0.4 is 0 Å². The summed E-state index contributed by atoms with van der Waals surface area (Å²) in [6.45, 7) is 1.89. The summed E-state index contributed by atoms with van der Waals surface area (Å²) in [5.41, 5.74) is 1.80. The SMILES string of the molecule is CC1=C(N=C=O)CCC(N=C=O)C1. The molecule has 68 valence electrons. The predicted molar refractivity (Wildman–Crippen MR) is 46.6 cm³/mol. The van der Waals surface area contributed by atoms with E-state index >= 15 is 0 Å². The predicted octanol–water partition coefficient (Wildman–Crippen LogP) is 1.48. The van der Waals surface area contributed by atoms with Gasteiger partial charge in [0.15, 0.2) is 0 Å². The average molecular weight is 178 g/mol. The van der Waals surface area contributed by atoms with Gasteiger partial charge in [-0.15, -0.1) is 0 Å². The van der Waals surface area contributed by atoms with Crippen LogP contribution >= 0.6 is 0 Å². The highest BCUT2D eigenvalue weighted by Gasteiger charge is 2.17. The first-order valence-electron chi connectivity index (χ1n) is 4.11. The standard InChI is InChI=1S/C9H10N2O2/c1-7-4-8(10-5-12)2-3-9(7)11-6-13/h8H,2-4H2,1H3. The summed E-state index contributed by atoms with van der Waals surface area (Å²) in [7, 11) is 0. The molecule has 13 heavy (non-hydrogen) atoms.